The Morgan fingerprint density at radius 3 is 2.50 bits per heavy atom. The van der Waals surface area contributed by atoms with Crippen LogP contribution in [0, 0.1) is 6.92 Å². The zero-order valence-corrected chi connectivity index (χ0v) is 13.0. The zero-order chi connectivity index (χ0) is 14.5. The predicted octanol–water partition coefficient (Wildman–Crippen LogP) is 4.08. The van der Waals surface area contributed by atoms with Crippen molar-refractivity contribution in [2.75, 3.05) is 12.4 Å². The van der Waals surface area contributed by atoms with E-state index >= 15 is 0 Å². The van der Waals surface area contributed by atoms with Crippen LogP contribution >= 0.6 is 15.9 Å². The Bertz CT molecular complexity index is 599. The second-order valence-corrected chi connectivity index (χ2v) is 5.25. The molecule has 0 bridgehead atoms. The lowest BCUT2D eigenvalue weighted by Crippen LogP contribution is -2.22. The third kappa shape index (κ3) is 3.26. The number of anilines is 1. The zero-order valence-electron chi connectivity index (χ0n) is 11.4. The average Bonchev–Trinajstić information content (AvgIpc) is 2.46. The maximum absolute atomic E-state index is 12.4. The Labute approximate surface area is 127 Å². The van der Waals surface area contributed by atoms with Gasteiger partial charge in [0.15, 0.2) is 6.10 Å². The molecule has 3 nitrogen and oxygen atoms in total. The Morgan fingerprint density at radius 1 is 1.15 bits per heavy atom. The summed E-state index contributed by atoms with van der Waals surface area (Å²) in [4.78, 5) is 12.4. The van der Waals surface area contributed by atoms with E-state index in [0.29, 0.717) is 0 Å². The quantitative estimate of drug-likeness (QED) is 0.915. The first kappa shape index (κ1) is 14.8. The van der Waals surface area contributed by atoms with Crippen molar-refractivity contribution in [2.24, 2.45) is 0 Å². The van der Waals surface area contributed by atoms with Gasteiger partial charge in [-0.15, -0.1) is 0 Å². The van der Waals surface area contributed by atoms with E-state index in [9.17, 15) is 4.79 Å². The fourth-order valence-corrected chi connectivity index (χ4v) is 2.33. The van der Waals surface area contributed by atoms with Crippen LogP contribution in [0.3, 0.4) is 0 Å². The molecule has 0 radical (unpaired) electrons. The molecule has 0 aliphatic heterocycles. The van der Waals surface area contributed by atoms with E-state index in [1.807, 2.05) is 55.5 Å². The minimum absolute atomic E-state index is 0.190. The molecule has 104 valence electrons. The molecular formula is C16H16BrNO2. The number of carbonyl (C=O) groups excluding carboxylic acids is 1. The lowest BCUT2D eigenvalue weighted by Gasteiger charge is -2.16. The van der Waals surface area contributed by atoms with Crippen LogP contribution in [0.15, 0.2) is 53.0 Å². The maximum Gasteiger partial charge on any atom is 0.258 e. The summed E-state index contributed by atoms with van der Waals surface area (Å²) < 4.78 is 6.20. The monoisotopic (exact) mass is 333 g/mol. The van der Waals surface area contributed by atoms with Gasteiger partial charge in [-0.3, -0.25) is 4.79 Å². The van der Waals surface area contributed by atoms with E-state index in [1.54, 1.807) is 0 Å². The number of rotatable bonds is 4. The molecule has 4 heteroatoms. The Balaban J connectivity index is 2.20. The highest BCUT2D eigenvalue weighted by Crippen LogP contribution is 2.27. The number of amides is 1. The number of hydrogen-bond donors (Lipinski definition) is 1. The average molecular weight is 334 g/mol. The first-order chi connectivity index (χ1) is 9.63. The van der Waals surface area contributed by atoms with Crippen molar-refractivity contribution >= 4 is 27.5 Å². The van der Waals surface area contributed by atoms with E-state index in [1.165, 1.54) is 7.11 Å². The van der Waals surface area contributed by atoms with E-state index < -0.39 is 6.10 Å². The fraction of sp³-hybridized carbons (Fsp3) is 0.188. The number of carbonyl (C=O) groups is 1. The van der Waals surface area contributed by atoms with Gasteiger partial charge in [0.2, 0.25) is 0 Å². The third-order valence-electron chi connectivity index (χ3n) is 3.03. The lowest BCUT2D eigenvalue weighted by molar-refractivity contribution is -0.126. The van der Waals surface area contributed by atoms with Crippen LogP contribution < -0.4 is 5.32 Å². The van der Waals surface area contributed by atoms with Gasteiger partial charge in [-0.25, -0.2) is 0 Å². The van der Waals surface area contributed by atoms with E-state index in [-0.39, 0.29) is 5.91 Å². The largest absolute Gasteiger partial charge is 0.367 e. The van der Waals surface area contributed by atoms with Crippen LogP contribution in [-0.4, -0.2) is 13.0 Å². The van der Waals surface area contributed by atoms with Crippen molar-refractivity contribution in [1.29, 1.82) is 0 Å². The molecule has 0 saturated carbocycles. The van der Waals surface area contributed by atoms with Gasteiger partial charge in [-0.1, -0.05) is 42.5 Å². The molecule has 1 unspecified atom stereocenters. The van der Waals surface area contributed by atoms with Gasteiger partial charge in [0, 0.05) is 11.6 Å². The summed E-state index contributed by atoms with van der Waals surface area (Å²) in [7, 11) is 1.53. The van der Waals surface area contributed by atoms with Crippen molar-refractivity contribution in [2.45, 2.75) is 13.0 Å². The summed E-state index contributed by atoms with van der Waals surface area (Å²) in [6.45, 7) is 1.98. The number of halogens is 1. The molecule has 0 aliphatic rings. The summed E-state index contributed by atoms with van der Waals surface area (Å²) in [5.74, 6) is -0.190. The minimum Gasteiger partial charge on any atom is -0.367 e. The van der Waals surface area contributed by atoms with Crippen molar-refractivity contribution in [3.63, 3.8) is 0 Å². The van der Waals surface area contributed by atoms with Gasteiger partial charge in [-0.2, -0.15) is 0 Å². The van der Waals surface area contributed by atoms with E-state index in [2.05, 4.69) is 21.2 Å². The molecule has 0 aliphatic carbocycles. The van der Waals surface area contributed by atoms with Crippen LogP contribution in [0.2, 0.25) is 0 Å². The van der Waals surface area contributed by atoms with Crippen molar-refractivity contribution in [3.05, 3.63) is 64.1 Å². The van der Waals surface area contributed by atoms with Gasteiger partial charge < -0.3 is 10.1 Å². The Hall–Kier alpha value is -1.65. The fourth-order valence-electron chi connectivity index (χ4n) is 1.96. The Morgan fingerprint density at radius 2 is 1.85 bits per heavy atom. The maximum atomic E-state index is 12.4. The van der Waals surface area contributed by atoms with Crippen molar-refractivity contribution < 1.29 is 9.53 Å². The second-order valence-electron chi connectivity index (χ2n) is 4.45. The molecule has 0 aromatic heterocycles. The number of methoxy groups -OCH3 is 1. The topological polar surface area (TPSA) is 38.3 Å². The third-order valence-corrected chi connectivity index (χ3v) is 4.08. The molecule has 0 fully saturated rings. The molecule has 0 heterocycles. The summed E-state index contributed by atoms with van der Waals surface area (Å²) in [5, 5.41) is 2.89. The summed E-state index contributed by atoms with van der Waals surface area (Å²) >= 11 is 3.48. The van der Waals surface area contributed by atoms with Gasteiger partial charge in [0.1, 0.15) is 0 Å². The molecule has 20 heavy (non-hydrogen) atoms. The van der Waals surface area contributed by atoms with Gasteiger partial charge in [0.25, 0.3) is 5.91 Å². The molecule has 2 aromatic carbocycles. The summed E-state index contributed by atoms with van der Waals surface area (Å²) in [5.41, 5.74) is 2.64. The lowest BCUT2D eigenvalue weighted by atomic mass is 10.1. The highest BCUT2D eigenvalue weighted by Gasteiger charge is 2.20. The molecule has 2 rings (SSSR count). The minimum atomic E-state index is -0.622. The second kappa shape index (κ2) is 6.68. The predicted molar refractivity (Wildman–Crippen MR) is 83.7 cm³/mol. The van der Waals surface area contributed by atoms with Crippen LogP contribution in [0.25, 0.3) is 0 Å². The Kier molecular flexibility index (Phi) is 4.93. The number of ether oxygens (including phenoxy) is 1. The molecular weight excluding hydrogens is 318 g/mol. The highest BCUT2D eigenvalue weighted by atomic mass is 79.9. The standard InChI is InChI=1S/C16H16BrNO2/c1-11-7-6-10-13(14(11)17)18-16(19)15(20-2)12-8-4-3-5-9-12/h3-10,15H,1-2H3,(H,18,19). The van der Waals surface area contributed by atoms with Crippen LogP contribution in [0.4, 0.5) is 5.69 Å². The normalized spacial score (nSPS) is 11.9. The molecule has 1 N–H and O–H groups in total. The van der Waals surface area contributed by atoms with Gasteiger partial charge in [-0.05, 0) is 40.0 Å². The van der Waals surface area contributed by atoms with E-state index in [4.69, 9.17) is 4.74 Å². The number of benzene rings is 2. The molecule has 0 saturated heterocycles. The summed E-state index contributed by atoms with van der Waals surface area (Å²) in [6.07, 6.45) is -0.622. The van der Waals surface area contributed by atoms with E-state index in [0.717, 1.165) is 21.3 Å². The van der Waals surface area contributed by atoms with Gasteiger partial charge >= 0.3 is 0 Å². The van der Waals surface area contributed by atoms with Crippen molar-refractivity contribution in [3.8, 4) is 0 Å². The smallest absolute Gasteiger partial charge is 0.258 e. The van der Waals surface area contributed by atoms with Gasteiger partial charge in [0.05, 0.1) is 5.69 Å². The summed E-state index contributed by atoms with van der Waals surface area (Å²) in [6, 6.07) is 15.2. The highest BCUT2D eigenvalue weighted by molar-refractivity contribution is 9.10. The van der Waals surface area contributed by atoms with Crippen LogP contribution in [-0.2, 0) is 9.53 Å². The van der Waals surface area contributed by atoms with Crippen molar-refractivity contribution in [1.82, 2.24) is 0 Å². The first-order valence-electron chi connectivity index (χ1n) is 6.27. The number of aryl methyl sites for hydroxylation is 1. The number of nitrogens with one attached hydrogen (secondary N) is 1. The molecule has 1 amide bonds. The molecule has 1 atom stereocenters. The molecule has 2 aromatic rings. The SMILES string of the molecule is COC(C(=O)Nc1cccc(C)c1Br)c1ccccc1. The molecule has 0 spiro atoms. The van der Waals surface area contributed by atoms with Crippen LogP contribution in [0.5, 0.6) is 0 Å². The first-order valence-corrected chi connectivity index (χ1v) is 7.06. The van der Waals surface area contributed by atoms with Crippen LogP contribution in [0.1, 0.15) is 17.2 Å². The number of hydrogen-bond acceptors (Lipinski definition) is 2.